The van der Waals surface area contributed by atoms with Gasteiger partial charge >= 0.3 is 6.03 Å². The molecule has 0 aliphatic carbocycles. The van der Waals surface area contributed by atoms with Gasteiger partial charge in [0.15, 0.2) is 0 Å². The predicted octanol–water partition coefficient (Wildman–Crippen LogP) is 4.53. The fourth-order valence-corrected chi connectivity index (χ4v) is 6.34. The van der Waals surface area contributed by atoms with Gasteiger partial charge in [0.25, 0.3) is 5.91 Å². The number of carbonyl (C=O) groups is 3. The fourth-order valence-electron chi connectivity index (χ4n) is 6.34. The van der Waals surface area contributed by atoms with Crippen molar-refractivity contribution in [2.75, 3.05) is 49.6 Å². The van der Waals surface area contributed by atoms with Gasteiger partial charge in [-0.3, -0.25) is 9.59 Å². The van der Waals surface area contributed by atoms with Gasteiger partial charge in [-0.15, -0.1) is 0 Å². The molecule has 3 fully saturated rings. The number of para-hydroxylation sites is 1. The molecule has 0 radical (unpaired) electrons. The summed E-state index contributed by atoms with van der Waals surface area (Å²) in [6.07, 6.45) is 4.23. The van der Waals surface area contributed by atoms with E-state index < -0.39 is 5.54 Å². The van der Waals surface area contributed by atoms with Gasteiger partial charge in [-0.25, -0.2) is 4.79 Å². The normalized spacial score (nSPS) is 19.1. The monoisotopic (exact) mass is 525 g/mol. The molecule has 1 spiro atoms. The van der Waals surface area contributed by atoms with E-state index in [0.717, 1.165) is 54.5 Å². The van der Waals surface area contributed by atoms with Crippen LogP contribution in [0.15, 0.2) is 72.8 Å². The number of nitrogens with zero attached hydrogens (tertiary/aromatic N) is 4. The molecule has 3 saturated heterocycles. The standard InChI is InChI=1S/C31H35N5O3/c37-28(33-18-7-2-8-19-33)22-35-23-36(25-12-3-1-4-13-25)31(29(35)38)16-20-34(21-17-31)30(39)32-27-15-9-11-24-10-5-6-14-26(24)27/h1,3-6,9-15H,2,7-8,16-23H2,(H,32,39). The number of benzene rings is 3. The van der Waals surface area contributed by atoms with Gasteiger partial charge in [0.2, 0.25) is 5.91 Å². The molecule has 6 rings (SSSR count). The van der Waals surface area contributed by atoms with Crippen molar-refractivity contribution in [3.05, 3.63) is 72.8 Å². The van der Waals surface area contributed by atoms with Crippen molar-refractivity contribution in [1.29, 1.82) is 0 Å². The molecule has 8 heteroatoms. The lowest BCUT2D eigenvalue weighted by Crippen LogP contribution is -2.58. The van der Waals surface area contributed by atoms with Crippen LogP contribution in [0.4, 0.5) is 16.2 Å². The van der Waals surface area contributed by atoms with Crippen LogP contribution in [0.5, 0.6) is 0 Å². The molecular weight excluding hydrogens is 490 g/mol. The molecule has 4 amide bonds. The lowest BCUT2D eigenvalue weighted by Gasteiger charge is -2.43. The number of likely N-dealkylation sites (tertiary alicyclic amines) is 2. The Kier molecular flexibility index (Phi) is 6.85. The maximum absolute atomic E-state index is 14.0. The number of anilines is 2. The largest absolute Gasteiger partial charge is 0.341 e. The zero-order chi connectivity index (χ0) is 26.8. The van der Waals surface area contributed by atoms with Crippen molar-refractivity contribution in [1.82, 2.24) is 14.7 Å². The molecule has 0 aromatic heterocycles. The second kappa shape index (κ2) is 10.6. The van der Waals surface area contributed by atoms with Crippen LogP contribution < -0.4 is 10.2 Å². The van der Waals surface area contributed by atoms with Gasteiger partial charge in [-0.05, 0) is 55.7 Å². The fraction of sp³-hybridized carbons (Fsp3) is 0.387. The maximum atomic E-state index is 14.0. The molecular formula is C31H35N5O3. The molecule has 3 aromatic rings. The highest BCUT2D eigenvalue weighted by Crippen LogP contribution is 2.39. The number of carbonyl (C=O) groups excluding carboxylic acids is 3. The topological polar surface area (TPSA) is 76.2 Å². The lowest BCUT2D eigenvalue weighted by molar-refractivity contribution is -0.141. The van der Waals surface area contributed by atoms with E-state index in [0.29, 0.717) is 32.6 Å². The first kappa shape index (κ1) is 25.2. The van der Waals surface area contributed by atoms with E-state index in [1.165, 1.54) is 0 Å². The highest BCUT2D eigenvalue weighted by molar-refractivity contribution is 6.02. The molecule has 3 aliphatic rings. The van der Waals surface area contributed by atoms with Crippen LogP contribution in [-0.2, 0) is 9.59 Å². The van der Waals surface area contributed by atoms with Gasteiger partial charge in [-0.2, -0.15) is 0 Å². The number of rotatable bonds is 4. The Morgan fingerprint density at radius 1 is 0.769 bits per heavy atom. The van der Waals surface area contributed by atoms with Crippen molar-refractivity contribution in [2.45, 2.75) is 37.6 Å². The summed E-state index contributed by atoms with van der Waals surface area (Å²) < 4.78 is 0. The van der Waals surface area contributed by atoms with E-state index in [4.69, 9.17) is 0 Å². The molecule has 1 N–H and O–H groups in total. The smallest absolute Gasteiger partial charge is 0.321 e. The Bertz CT molecular complexity index is 1360. The number of hydrogen-bond donors (Lipinski definition) is 1. The van der Waals surface area contributed by atoms with Gasteiger partial charge in [0.05, 0.1) is 12.4 Å². The number of urea groups is 1. The minimum absolute atomic E-state index is 0.00850. The van der Waals surface area contributed by atoms with Crippen LogP contribution in [0.25, 0.3) is 10.8 Å². The number of piperidine rings is 2. The zero-order valence-corrected chi connectivity index (χ0v) is 22.2. The number of amides is 4. The summed E-state index contributed by atoms with van der Waals surface area (Å²) in [6, 6.07) is 23.7. The Labute approximate surface area is 229 Å². The summed E-state index contributed by atoms with van der Waals surface area (Å²) in [4.78, 5) is 47.9. The van der Waals surface area contributed by atoms with Gasteiger partial charge in [0.1, 0.15) is 12.1 Å². The van der Waals surface area contributed by atoms with E-state index in [1.54, 1.807) is 9.80 Å². The first-order valence-electron chi connectivity index (χ1n) is 14.0. The molecule has 3 aromatic carbocycles. The van der Waals surface area contributed by atoms with Crippen molar-refractivity contribution in [2.24, 2.45) is 0 Å². The number of nitrogens with one attached hydrogen (secondary N) is 1. The third-order valence-electron chi connectivity index (χ3n) is 8.53. The Morgan fingerprint density at radius 3 is 2.23 bits per heavy atom. The lowest BCUT2D eigenvalue weighted by atomic mass is 9.85. The summed E-state index contributed by atoms with van der Waals surface area (Å²) >= 11 is 0. The third kappa shape index (κ3) is 4.80. The van der Waals surface area contributed by atoms with Crippen LogP contribution in [0.3, 0.4) is 0 Å². The van der Waals surface area contributed by atoms with Gasteiger partial charge < -0.3 is 24.9 Å². The third-order valence-corrected chi connectivity index (χ3v) is 8.53. The molecule has 8 nitrogen and oxygen atoms in total. The van der Waals surface area contributed by atoms with Crippen molar-refractivity contribution in [3.8, 4) is 0 Å². The average molecular weight is 526 g/mol. The molecule has 0 unspecified atom stereocenters. The summed E-state index contributed by atoms with van der Waals surface area (Å²) in [5, 5.41) is 5.16. The Hall–Kier alpha value is -4.07. The van der Waals surface area contributed by atoms with E-state index in [2.05, 4.69) is 10.2 Å². The highest BCUT2D eigenvalue weighted by Gasteiger charge is 2.54. The minimum atomic E-state index is -0.764. The van der Waals surface area contributed by atoms with Crippen molar-refractivity contribution in [3.63, 3.8) is 0 Å². The second-order valence-electron chi connectivity index (χ2n) is 10.8. The summed E-state index contributed by atoms with van der Waals surface area (Å²) in [5.74, 6) is 0.0193. The first-order chi connectivity index (χ1) is 19.0. The van der Waals surface area contributed by atoms with Crippen molar-refractivity contribution < 1.29 is 14.4 Å². The van der Waals surface area contributed by atoms with Crippen LogP contribution in [-0.4, -0.2) is 77.5 Å². The summed E-state index contributed by atoms with van der Waals surface area (Å²) in [5.41, 5.74) is 0.982. The summed E-state index contributed by atoms with van der Waals surface area (Å²) in [6.45, 7) is 2.95. The molecule has 0 bridgehead atoms. The van der Waals surface area contributed by atoms with Crippen LogP contribution in [0.1, 0.15) is 32.1 Å². The maximum Gasteiger partial charge on any atom is 0.321 e. The SMILES string of the molecule is O=C(CN1CN(c2ccccc2)C2(CCN(C(=O)Nc3cccc4ccccc34)CC2)C1=O)N1CCCCC1. The number of fused-ring (bicyclic) bond motifs is 1. The Balaban J connectivity index is 1.18. The number of hydrogen-bond acceptors (Lipinski definition) is 4. The Morgan fingerprint density at radius 2 is 1.46 bits per heavy atom. The average Bonchev–Trinajstić information content (AvgIpc) is 3.24. The van der Waals surface area contributed by atoms with Crippen LogP contribution in [0, 0.1) is 0 Å². The minimum Gasteiger partial charge on any atom is -0.341 e. The highest BCUT2D eigenvalue weighted by atomic mass is 16.2. The molecule has 0 saturated carbocycles. The molecule has 3 aliphatic heterocycles. The predicted molar refractivity (Wildman–Crippen MR) is 152 cm³/mol. The second-order valence-corrected chi connectivity index (χ2v) is 10.8. The van der Waals surface area contributed by atoms with Gasteiger partial charge in [-0.1, -0.05) is 54.6 Å². The van der Waals surface area contributed by atoms with E-state index >= 15 is 0 Å². The van der Waals surface area contributed by atoms with Crippen LogP contribution >= 0.6 is 0 Å². The van der Waals surface area contributed by atoms with Crippen LogP contribution in [0.2, 0.25) is 0 Å². The molecule has 202 valence electrons. The van der Waals surface area contributed by atoms with E-state index in [1.807, 2.05) is 77.7 Å². The van der Waals surface area contributed by atoms with Crippen molar-refractivity contribution >= 4 is 40.0 Å². The molecule has 39 heavy (non-hydrogen) atoms. The molecule has 3 heterocycles. The van der Waals surface area contributed by atoms with Gasteiger partial charge in [0, 0.05) is 37.3 Å². The van der Waals surface area contributed by atoms with E-state index in [-0.39, 0.29) is 24.4 Å². The molecule has 0 atom stereocenters. The quantitative estimate of drug-likeness (QED) is 0.543. The zero-order valence-electron chi connectivity index (χ0n) is 22.2. The van der Waals surface area contributed by atoms with E-state index in [9.17, 15) is 14.4 Å². The summed E-state index contributed by atoms with van der Waals surface area (Å²) in [7, 11) is 0. The first-order valence-corrected chi connectivity index (χ1v) is 14.0.